The molecule has 15 heavy (non-hydrogen) atoms. The van der Waals surface area contributed by atoms with E-state index < -0.39 is 0 Å². The van der Waals surface area contributed by atoms with Gasteiger partial charge in [-0.25, -0.2) is 0 Å². The SMILES string of the molecule is Oc1ccccc1.Oc1ccccc1.[SiH4]. The first-order valence-corrected chi connectivity index (χ1v) is 4.27. The maximum Gasteiger partial charge on any atom is 0.115 e. The largest absolute Gasteiger partial charge is 0.508 e. The van der Waals surface area contributed by atoms with Gasteiger partial charge in [0.15, 0.2) is 0 Å². The van der Waals surface area contributed by atoms with Crippen LogP contribution in [0.2, 0.25) is 0 Å². The summed E-state index contributed by atoms with van der Waals surface area (Å²) in [5.74, 6) is 0.644. The molecular weight excluding hydrogens is 204 g/mol. The summed E-state index contributed by atoms with van der Waals surface area (Å²) >= 11 is 0. The predicted octanol–water partition coefficient (Wildman–Crippen LogP) is 1.33. The maximum atomic E-state index is 8.63. The Labute approximate surface area is 93.9 Å². The van der Waals surface area contributed by atoms with E-state index in [9.17, 15) is 0 Å². The Morgan fingerprint density at radius 1 is 0.533 bits per heavy atom. The van der Waals surface area contributed by atoms with Gasteiger partial charge in [-0.05, 0) is 35.2 Å². The summed E-state index contributed by atoms with van der Waals surface area (Å²) in [6, 6.07) is 17.4. The summed E-state index contributed by atoms with van der Waals surface area (Å²) < 4.78 is 0. The zero-order valence-electron chi connectivity index (χ0n) is 7.67. The molecule has 0 atom stereocenters. The third-order valence-electron chi connectivity index (χ3n) is 1.51. The number of hydrogen-bond acceptors (Lipinski definition) is 2. The van der Waals surface area contributed by atoms with Crippen LogP contribution in [0.4, 0.5) is 0 Å². The molecule has 0 aromatic heterocycles. The van der Waals surface area contributed by atoms with Gasteiger partial charge < -0.3 is 10.2 Å². The molecule has 2 nitrogen and oxygen atoms in total. The molecule has 0 aliphatic rings. The van der Waals surface area contributed by atoms with Crippen LogP contribution in [-0.2, 0) is 0 Å². The van der Waals surface area contributed by atoms with E-state index in [-0.39, 0.29) is 11.0 Å². The van der Waals surface area contributed by atoms with E-state index in [0.717, 1.165) is 0 Å². The number of benzene rings is 2. The normalized spacial score (nSPS) is 8.00. The van der Waals surface area contributed by atoms with E-state index in [1.54, 1.807) is 48.5 Å². The minimum Gasteiger partial charge on any atom is -0.508 e. The molecule has 0 radical (unpaired) electrons. The summed E-state index contributed by atoms with van der Waals surface area (Å²) in [6.45, 7) is 0. The van der Waals surface area contributed by atoms with Gasteiger partial charge in [-0.2, -0.15) is 0 Å². The van der Waals surface area contributed by atoms with Gasteiger partial charge in [-0.3, -0.25) is 0 Å². The highest BCUT2D eigenvalue weighted by molar-refractivity contribution is 5.75. The fourth-order valence-electron chi connectivity index (χ4n) is 0.856. The number of phenolic OH excluding ortho intramolecular Hbond substituents is 2. The van der Waals surface area contributed by atoms with Gasteiger partial charge in [0.1, 0.15) is 11.5 Å². The van der Waals surface area contributed by atoms with Crippen molar-refractivity contribution in [3.8, 4) is 11.5 Å². The first-order chi connectivity index (χ1) is 6.79. The van der Waals surface area contributed by atoms with Crippen LogP contribution < -0.4 is 0 Å². The molecule has 2 N–H and O–H groups in total. The summed E-state index contributed by atoms with van der Waals surface area (Å²) in [5, 5.41) is 17.3. The van der Waals surface area contributed by atoms with Crippen LogP contribution in [0.25, 0.3) is 0 Å². The van der Waals surface area contributed by atoms with E-state index in [4.69, 9.17) is 10.2 Å². The molecule has 0 saturated heterocycles. The fraction of sp³-hybridized carbons (Fsp3) is 0. The van der Waals surface area contributed by atoms with Gasteiger partial charge in [0.25, 0.3) is 0 Å². The van der Waals surface area contributed by atoms with Crippen molar-refractivity contribution < 1.29 is 10.2 Å². The lowest BCUT2D eigenvalue weighted by Crippen LogP contribution is -1.56. The van der Waals surface area contributed by atoms with Crippen LogP contribution in [0.3, 0.4) is 0 Å². The van der Waals surface area contributed by atoms with Gasteiger partial charge in [-0.1, -0.05) is 36.4 Å². The topological polar surface area (TPSA) is 40.5 Å². The highest BCUT2D eigenvalue weighted by Gasteiger charge is 1.75. The van der Waals surface area contributed by atoms with Crippen LogP contribution >= 0.6 is 0 Å². The molecule has 80 valence electrons. The molecule has 0 spiro atoms. The van der Waals surface area contributed by atoms with Crippen molar-refractivity contribution in [1.29, 1.82) is 0 Å². The lowest BCUT2D eigenvalue weighted by molar-refractivity contribution is 0.475. The first-order valence-electron chi connectivity index (χ1n) is 4.27. The van der Waals surface area contributed by atoms with Gasteiger partial charge in [-0.15, -0.1) is 0 Å². The Hall–Kier alpha value is -1.74. The second-order valence-electron chi connectivity index (χ2n) is 2.67. The van der Waals surface area contributed by atoms with Crippen molar-refractivity contribution in [1.82, 2.24) is 0 Å². The van der Waals surface area contributed by atoms with Crippen molar-refractivity contribution in [2.24, 2.45) is 0 Å². The minimum atomic E-state index is 0. The molecule has 2 aromatic rings. The second-order valence-corrected chi connectivity index (χ2v) is 2.67. The zero-order chi connectivity index (χ0) is 10.2. The lowest BCUT2D eigenvalue weighted by atomic mass is 10.3. The average molecular weight is 220 g/mol. The zero-order valence-corrected chi connectivity index (χ0v) is 7.67. The highest BCUT2D eigenvalue weighted by Crippen LogP contribution is 2.03. The third-order valence-corrected chi connectivity index (χ3v) is 1.51. The number of phenols is 2. The van der Waals surface area contributed by atoms with Crippen molar-refractivity contribution in [2.45, 2.75) is 0 Å². The molecule has 0 aliphatic carbocycles. The van der Waals surface area contributed by atoms with E-state index in [0.29, 0.717) is 11.5 Å². The van der Waals surface area contributed by atoms with Crippen molar-refractivity contribution >= 4 is 11.0 Å². The quantitative estimate of drug-likeness (QED) is 0.658. The van der Waals surface area contributed by atoms with E-state index in [2.05, 4.69) is 0 Å². The Morgan fingerprint density at radius 3 is 0.933 bits per heavy atom. The van der Waals surface area contributed by atoms with E-state index >= 15 is 0 Å². The summed E-state index contributed by atoms with van der Waals surface area (Å²) in [5.41, 5.74) is 0. The molecule has 0 aliphatic heterocycles. The smallest absolute Gasteiger partial charge is 0.115 e. The Morgan fingerprint density at radius 2 is 0.800 bits per heavy atom. The lowest BCUT2D eigenvalue weighted by Gasteiger charge is -1.82. The molecule has 0 bridgehead atoms. The Balaban J connectivity index is 0.000000245. The summed E-state index contributed by atoms with van der Waals surface area (Å²) in [4.78, 5) is 0. The second kappa shape index (κ2) is 7.64. The molecule has 2 aromatic carbocycles. The van der Waals surface area contributed by atoms with Gasteiger partial charge in [0.05, 0.1) is 0 Å². The molecule has 0 amide bonds. The van der Waals surface area contributed by atoms with Crippen molar-refractivity contribution in [3.05, 3.63) is 60.7 Å². The van der Waals surface area contributed by atoms with Crippen LogP contribution in [0.15, 0.2) is 60.7 Å². The van der Waals surface area contributed by atoms with Crippen LogP contribution in [0.1, 0.15) is 0 Å². The van der Waals surface area contributed by atoms with Crippen molar-refractivity contribution in [2.75, 3.05) is 0 Å². The maximum absolute atomic E-state index is 8.63. The first kappa shape index (κ1) is 13.3. The molecule has 2 rings (SSSR count). The molecule has 0 fully saturated rings. The number of para-hydroxylation sites is 2. The standard InChI is InChI=1S/2C6H6O.H4Si/c2*7-6-4-2-1-3-5-6;/h2*1-5,7H;1H4. The van der Waals surface area contributed by atoms with E-state index in [1.807, 2.05) is 12.1 Å². The average Bonchev–Trinajstić information content (AvgIpc) is 2.21. The minimum absolute atomic E-state index is 0. The van der Waals surface area contributed by atoms with E-state index in [1.165, 1.54) is 0 Å². The molecule has 0 heterocycles. The number of rotatable bonds is 0. The monoisotopic (exact) mass is 220 g/mol. The van der Waals surface area contributed by atoms with Crippen LogP contribution in [0.5, 0.6) is 11.5 Å². The fourth-order valence-corrected chi connectivity index (χ4v) is 0.856. The van der Waals surface area contributed by atoms with Gasteiger partial charge in [0.2, 0.25) is 0 Å². The summed E-state index contributed by atoms with van der Waals surface area (Å²) in [6.07, 6.45) is 0. The third kappa shape index (κ3) is 6.34. The van der Waals surface area contributed by atoms with Crippen LogP contribution in [-0.4, -0.2) is 21.2 Å². The molecular formula is C12H16O2Si. The Bertz CT molecular complexity index is 311. The summed E-state index contributed by atoms with van der Waals surface area (Å²) in [7, 11) is 0. The molecule has 0 unspecified atom stereocenters. The predicted molar refractivity (Wildman–Crippen MR) is 67.5 cm³/mol. The molecule has 0 saturated carbocycles. The number of hydrogen-bond donors (Lipinski definition) is 2. The van der Waals surface area contributed by atoms with Gasteiger partial charge in [0, 0.05) is 0 Å². The van der Waals surface area contributed by atoms with Gasteiger partial charge >= 0.3 is 0 Å². The van der Waals surface area contributed by atoms with Crippen molar-refractivity contribution in [3.63, 3.8) is 0 Å². The highest BCUT2D eigenvalue weighted by atomic mass is 28.1. The molecule has 3 heteroatoms. The Kier molecular flexibility index (Phi) is 6.75. The number of aromatic hydroxyl groups is 2. The van der Waals surface area contributed by atoms with Crippen LogP contribution in [0, 0.1) is 0 Å².